The van der Waals surface area contributed by atoms with Gasteiger partial charge < -0.3 is 11.5 Å². The highest BCUT2D eigenvalue weighted by Gasteiger charge is 2.46. The first kappa shape index (κ1) is 14.3. The Hall–Kier alpha value is -2.10. The molecule has 6 nitrogen and oxygen atoms in total. The van der Waals surface area contributed by atoms with Gasteiger partial charge in [-0.2, -0.15) is 10.4 Å². The molecule has 3 atom stereocenters. The van der Waals surface area contributed by atoms with E-state index < -0.39 is 17.6 Å². The summed E-state index contributed by atoms with van der Waals surface area (Å²) in [5.74, 6) is -0.471. The SMILES string of the molecule is CC1CCC(CC#N)(n2cc(C(N)=O)c(N)n2)C(F)C1. The third kappa shape index (κ3) is 2.22. The van der Waals surface area contributed by atoms with Crippen LogP contribution in [0.1, 0.15) is 43.0 Å². The summed E-state index contributed by atoms with van der Waals surface area (Å²) in [5, 5.41) is 13.1. The molecule has 7 heteroatoms. The molecular formula is C13H18FN5O. The zero-order valence-electron chi connectivity index (χ0n) is 11.3. The van der Waals surface area contributed by atoms with Crippen molar-refractivity contribution >= 4 is 11.7 Å². The average molecular weight is 279 g/mol. The van der Waals surface area contributed by atoms with Crippen LogP contribution in [0.4, 0.5) is 10.2 Å². The Bertz CT molecular complexity index is 564. The van der Waals surface area contributed by atoms with Gasteiger partial charge in [0.1, 0.15) is 17.3 Å². The molecule has 1 amide bonds. The lowest BCUT2D eigenvalue weighted by atomic mass is 9.74. The molecule has 0 spiro atoms. The molecule has 1 aliphatic carbocycles. The summed E-state index contributed by atoms with van der Waals surface area (Å²) in [6.07, 6.45) is 1.80. The second kappa shape index (κ2) is 5.12. The number of amides is 1. The Morgan fingerprint density at radius 1 is 1.75 bits per heavy atom. The molecule has 2 rings (SSSR count). The Labute approximate surface area is 116 Å². The van der Waals surface area contributed by atoms with Crippen LogP contribution in [0.15, 0.2) is 6.20 Å². The number of hydrogen-bond donors (Lipinski definition) is 2. The molecule has 0 radical (unpaired) electrons. The van der Waals surface area contributed by atoms with Gasteiger partial charge in [0.05, 0.1) is 12.5 Å². The van der Waals surface area contributed by atoms with Gasteiger partial charge >= 0.3 is 0 Å². The largest absolute Gasteiger partial charge is 0.382 e. The van der Waals surface area contributed by atoms with E-state index in [4.69, 9.17) is 16.7 Å². The molecular weight excluding hydrogens is 261 g/mol. The minimum atomic E-state index is -1.20. The second-order valence-electron chi connectivity index (χ2n) is 5.52. The third-order valence-electron chi connectivity index (χ3n) is 4.11. The molecule has 1 heterocycles. The molecule has 1 saturated carbocycles. The lowest BCUT2D eigenvalue weighted by Gasteiger charge is -2.40. The summed E-state index contributed by atoms with van der Waals surface area (Å²) in [5.41, 5.74) is 9.85. The van der Waals surface area contributed by atoms with Crippen LogP contribution >= 0.6 is 0 Å². The molecule has 0 aliphatic heterocycles. The first-order valence-corrected chi connectivity index (χ1v) is 6.57. The zero-order chi connectivity index (χ0) is 14.9. The number of hydrogen-bond acceptors (Lipinski definition) is 4. The molecule has 108 valence electrons. The van der Waals surface area contributed by atoms with Gasteiger partial charge in [-0.1, -0.05) is 6.92 Å². The molecule has 4 N–H and O–H groups in total. The van der Waals surface area contributed by atoms with E-state index in [1.807, 2.05) is 13.0 Å². The van der Waals surface area contributed by atoms with Crippen LogP contribution in [-0.4, -0.2) is 21.9 Å². The van der Waals surface area contributed by atoms with Crippen molar-refractivity contribution in [3.63, 3.8) is 0 Å². The van der Waals surface area contributed by atoms with Gasteiger partial charge in [0.2, 0.25) is 0 Å². The number of aromatic nitrogens is 2. The summed E-state index contributed by atoms with van der Waals surface area (Å²) < 4.78 is 15.9. The van der Waals surface area contributed by atoms with Gasteiger partial charge in [-0.15, -0.1) is 0 Å². The van der Waals surface area contributed by atoms with Gasteiger partial charge in [-0.3, -0.25) is 9.48 Å². The van der Waals surface area contributed by atoms with E-state index in [9.17, 15) is 9.18 Å². The Balaban J connectivity index is 2.46. The minimum Gasteiger partial charge on any atom is -0.382 e. The van der Waals surface area contributed by atoms with E-state index in [-0.39, 0.29) is 23.7 Å². The van der Waals surface area contributed by atoms with Gasteiger partial charge in [0, 0.05) is 6.20 Å². The van der Waals surface area contributed by atoms with Gasteiger partial charge in [-0.05, 0) is 25.2 Å². The Morgan fingerprint density at radius 2 is 2.45 bits per heavy atom. The first-order chi connectivity index (χ1) is 9.40. The number of nitrogen functional groups attached to an aromatic ring is 1. The highest BCUT2D eigenvalue weighted by atomic mass is 19.1. The van der Waals surface area contributed by atoms with Crippen molar-refractivity contribution in [1.29, 1.82) is 5.26 Å². The summed E-state index contributed by atoms with van der Waals surface area (Å²) in [6, 6.07) is 2.02. The number of alkyl halides is 1. The van der Waals surface area contributed by atoms with E-state index in [0.717, 1.165) is 6.42 Å². The molecule has 20 heavy (non-hydrogen) atoms. The zero-order valence-corrected chi connectivity index (χ0v) is 11.3. The Morgan fingerprint density at radius 3 is 2.95 bits per heavy atom. The van der Waals surface area contributed by atoms with Gasteiger partial charge in [0.15, 0.2) is 5.82 Å². The number of carbonyl (C=O) groups is 1. The number of carbonyl (C=O) groups excluding carboxylic acids is 1. The fraction of sp³-hybridized carbons (Fsp3) is 0.615. The van der Waals surface area contributed by atoms with Crippen molar-refractivity contribution in [3.05, 3.63) is 11.8 Å². The first-order valence-electron chi connectivity index (χ1n) is 6.57. The van der Waals surface area contributed by atoms with Crippen LogP contribution in [-0.2, 0) is 5.54 Å². The number of primary amides is 1. The monoisotopic (exact) mass is 279 g/mol. The van der Waals surface area contributed by atoms with E-state index in [1.54, 1.807) is 0 Å². The fourth-order valence-corrected chi connectivity index (χ4v) is 2.82. The lowest BCUT2D eigenvalue weighted by Crippen LogP contribution is -2.47. The predicted molar refractivity (Wildman–Crippen MR) is 71.3 cm³/mol. The van der Waals surface area contributed by atoms with Crippen LogP contribution in [0.25, 0.3) is 0 Å². The maximum Gasteiger partial charge on any atom is 0.254 e. The maximum absolute atomic E-state index is 14.6. The molecule has 1 fully saturated rings. The van der Waals surface area contributed by atoms with Crippen molar-refractivity contribution in [2.45, 2.75) is 44.3 Å². The van der Waals surface area contributed by atoms with Crippen LogP contribution in [0, 0.1) is 17.2 Å². The normalized spacial score (nSPS) is 29.9. The van der Waals surface area contributed by atoms with Crippen molar-refractivity contribution in [3.8, 4) is 6.07 Å². The minimum absolute atomic E-state index is 0.0137. The summed E-state index contributed by atoms with van der Waals surface area (Å²) >= 11 is 0. The van der Waals surface area contributed by atoms with Crippen molar-refractivity contribution in [2.75, 3.05) is 5.73 Å². The molecule has 3 unspecified atom stereocenters. The summed E-state index contributed by atoms with van der Waals surface area (Å²) in [6.45, 7) is 1.98. The van der Waals surface area contributed by atoms with Crippen LogP contribution in [0.5, 0.6) is 0 Å². The number of nitrogens with two attached hydrogens (primary N) is 2. The van der Waals surface area contributed by atoms with Crippen molar-refractivity contribution in [2.24, 2.45) is 11.7 Å². The van der Waals surface area contributed by atoms with E-state index in [2.05, 4.69) is 5.10 Å². The summed E-state index contributed by atoms with van der Waals surface area (Å²) in [7, 11) is 0. The van der Waals surface area contributed by atoms with Crippen LogP contribution in [0.3, 0.4) is 0 Å². The maximum atomic E-state index is 14.6. The molecule has 1 aromatic rings. The lowest BCUT2D eigenvalue weighted by molar-refractivity contribution is 0.0363. The van der Waals surface area contributed by atoms with E-state index in [1.165, 1.54) is 10.9 Å². The second-order valence-corrected chi connectivity index (χ2v) is 5.52. The topological polar surface area (TPSA) is 111 Å². The number of nitriles is 1. The van der Waals surface area contributed by atoms with E-state index in [0.29, 0.717) is 12.8 Å². The molecule has 1 aromatic heterocycles. The smallest absolute Gasteiger partial charge is 0.254 e. The third-order valence-corrected chi connectivity index (χ3v) is 4.11. The number of rotatable bonds is 3. The van der Waals surface area contributed by atoms with Crippen molar-refractivity contribution < 1.29 is 9.18 Å². The van der Waals surface area contributed by atoms with Crippen molar-refractivity contribution in [1.82, 2.24) is 9.78 Å². The highest BCUT2D eigenvalue weighted by Crippen LogP contribution is 2.42. The summed E-state index contributed by atoms with van der Waals surface area (Å²) in [4.78, 5) is 11.2. The molecule has 1 aliphatic rings. The quantitative estimate of drug-likeness (QED) is 0.869. The fourth-order valence-electron chi connectivity index (χ4n) is 2.82. The number of nitrogens with zero attached hydrogens (tertiary/aromatic N) is 3. The standard InChI is InChI=1S/C13H18FN5O/c1-8-2-3-13(4-5-15,10(14)6-8)19-7-9(12(17)20)11(16)18-19/h7-8,10H,2-4,6H2,1H3,(H2,16,18)(H2,17,20). The molecule has 0 bridgehead atoms. The predicted octanol–water partition coefficient (Wildman–Crippen LogP) is 1.33. The van der Waals surface area contributed by atoms with Gasteiger partial charge in [0.25, 0.3) is 5.91 Å². The molecule has 0 saturated heterocycles. The number of halogens is 1. The van der Waals surface area contributed by atoms with Gasteiger partial charge in [-0.25, -0.2) is 4.39 Å². The highest BCUT2D eigenvalue weighted by molar-refractivity contribution is 5.96. The number of anilines is 1. The average Bonchev–Trinajstić information content (AvgIpc) is 2.76. The van der Waals surface area contributed by atoms with Crippen LogP contribution in [0.2, 0.25) is 0 Å². The van der Waals surface area contributed by atoms with E-state index >= 15 is 0 Å². The van der Waals surface area contributed by atoms with Crippen LogP contribution < -0.4 is 11.5 Å². The Kier molecular flexibility index (Phi) is 3.66. The molecule has 0 aromatic carbocycles.